The summed E-state index contributed by atoms with van der Waals surface area (Å²) in [5.74, 6) is -5.00. The van der Waals surface area contributed by atoms with Crippen molar-refractivity contribution in [2.24, 2.45) is 0 Å². The second-order valence-electron chi connectivity index (χ2n) is 4.70. The smallest absolute Gasteiger partial charge is 0.344 e. The van der Waals surface area contributed by atoms with Gasteiger partial charge in [0.2, 0.25) is 0 Å². The standard InChI is InChI=1S/C16H12F3NO3/c1-9-5-6-13(12(19)7-9)20-14(21)8-23-16(22)15-10(17)3-2-4-11(15)18/h2-7H,8H2,1H3,(H,20,21). The maximum absolute atomic E-state index is 13.6. The fraction of sp³-hybridized carbons (Fsp3) is 0.125. The molecule has 1 amide bonds. The predicted molar refractivity (Wildman–Crippen MR) is 76.4 cm³/mol. The summed E-state index contributed by atoms with van der Waals surface area (Å²) in [6, 6.07) is 7.02. The van der Waals surface area contributed by atoms with Gasteiger partial charge in [-0.25, -0.2) is 18.0 Å². The third-order valence-corrected chi connectivity index (χ3v) is 2.90. The molecule has 23 heavy (non-hydrogen) atoms. The lowest BCUT2D eigenvalue weighted by Crippen LogP contribution is -2.22. The summed E-state index contributed by atoms with van der Waals surface area (Å²) in [5.41, 5.74) is -0.308. The maximum Gasteiger partial charge on any atom is 0.344 e. The van der Waals surface area contributed by atoms with Gasteiger partial charge in [0, 0.05) is 0 Å². The number of amides is 1. The molecule has 0 aromatic heterocycles. The number of hydrogen-bond acceptors (Lipinski definition) is 3. The Hall–Kier alpha value is -2.83. The van der Waals surface area contributed by atoms with E-state index in [0.29, 0.717) is 5.56 Å². The number of carbonyl (C=O) groups is 2. The van der Waals surface area contributed by atoms with Crippen LogP contribution in [-0.2, 0) is 9.53 Å². The number of anilines is 1. The molecule has 0 aliphatic carbocycles. The highest BCUT2D eigenvalue weighted by Crippen LogP contribution is 2.16. The number of esters is 1. The van der Waals surface area contributed by atoms with Gasteiger partial charge in [-0.1, -0.05) is 12.1 Å². The molecule has 0 radical (unpaired) electrons. The molecule has 2 aromatic carbocycles. The summed E-state index contributed by atoms with van der Waals surface area (Å²) < 4.78 is 44.8. The molecule has 4 nitrogen and oxygen atoms in total. The van der Waals surface area contributed by atoms with Crippen molar-refractivity contribution >= 4 is 17.6 Å². The molecular weight excluding hydrogens is 311 g/mol. The van der Waals surface area contributed by atoms with Crippen molar-refractivity contribution < 1.29 is 27.5 Å². The number of rotatable bonds is 4. The molecule has 0 fully saturated rings. The van der Waals surface area contributed by atoms with Crippen molar-refractivity contribution in [1.29, 1.82) is 0 Å². The molecule has 2 aromatic rings. The van der Waals surface area contributed by atoms with Gasteiger partial charge in [-0.3, -0.25) is 4.79 Å². The van der Waals surface area contributed by atoms with E-state index < -0.39 is 41.5 Å². The number of hydrogen-bond donors (Lipinski definition) is 1. The summed E-state index contributed by atoms with van der Waals surface area (Å²) in [5, 5.41) is 2.19. The number of carbonyl (C=O) groups excluding carboxylic acids is 2. The van der Waals surface area contributed by atoms with Crippen LogP contribution in [0.15, 0.2) is 36.4 Å². The van der Waals surface area contributed by atoms with Crippen LogP contribution >= 0.6 is 0 Å². The minimum absolute atomic E-state index is 0.0891. The normalized spacial score (nSPS) is 10.3. The first kappa shape index (κ1) is 16.5. The average molecular weight is 323 g/mol. The van der Waals surface area contributed by atoms with Gasteiger partial charge in [-0.15, -0.1) is 0 Å². The number of halogens is 3. The molecule has 7 heteroatoms. The van der Waals surface area contributed by atoms with Crippen LogP contribution in [0.4, 0.5) is 18.9 Å². The molecule has 0 saturated heterocycles. The summed E-state index contributed by atoms with van der Waals surface area (Å²) in [6.45, 7) is 0.874. The minimum Gasteiger partial charge on any atom is -0.452 e. The number of nitrogens with one attached hydrogen (secondary N) is 1. The third-order valence-electron chi connectivity index (χ3n) is 2.90. The molecule has 0 bridgehead atoms. The van der Waals surface area contributed by atoms with Gasteiger partial charge < -0.3 is 10.1 Å². The first-order valence-electron chi connectivity index (χ1n) is 6.55. The van der Waals surface area contributed by atoms with Crippen LogP contribution in [0.1, 0.15) is 15.9 Å². The van der Waals surface area contributed by atoms with E-state index in [1.165, 1.54) is 12.1 Å². The van der Waals surface area contributed by atoms with Gasteiger partial charge in [-0.05, 0) is 36.8 Å². The molecule has 0 saturated carbocycles. The SMILES string of the molecule is Cc1ccc(NC(=O)COC(=O)c2c(F)cccc2F)c(F)c1. The Bertz CT molecular complexity index is 742. The lowest BCUT2D eigenvalue weighted by atomic mass is 10.2. The van der Waals surface area contributed by atoms with Gasteiger partial charge in [0.25, 0.3) is 5.91 Å². The lowest BCUT2D eigenvalue weighted by molar-refractivity contribution is -0.119. The molecular formula is C16H12F3NO3. The van der Waals surface area contributed by atoms with Crippen LogP contribution in [0.3, 0.4) is 0 Å². The largest absolute Gasteiger partial charge is 0.452 e. The van der Waals surface area contributed by atoms with E-state index >= 15 is 0 Å². The summed E-state index contributed by atoms with van der Waals surface area (Å²) in [4.78, 5) is 23.2. The first-order valence-corrected chi connectivity index (χ1v) is 6.55. The monoisotopic (exact) mass is 323 g/mol. The maximum atomic E-state index is 13.6. The van der Waals surface area contributed by atoms with Crippen LogP contribution in [-0.4, -0.2) is 18.5 Å². The summed E-state index contributed by atoms with van der Waals surface area (Å²) >= 11 is 0. The topological polar surface area (TPSA) is 55.4 Å². The fourth-order valence-electron chi connectivity index (χ4n) is 1.80. The Balaban J connectivity index is 1.98. The molecule has 1 N–H and O–H groups in total. The van der Waals surface area contributed by atoms with Gasteiger partial charge in [0.1, 0.15) is 23.0 Å². The summed E-state index contributed by atoms with van der Waals surface area (Å²) in [6.07, 6.45) is 0. The van der Waals surface area contributed by atoms with E-state index in [4.69, 9.17) is 0 Å². The Morgan fingerprint density at radius 1 is 1.04 bits per heavy atom. The van der Waals surface area contributed by atoms with E-state index in [0.717, 1.165) is 18.2 Å². The number of ether oxygens (including phenoxy) is 1. The quantitative estimate of drug-likeness (QED) is 0.879. The highest BCUT2D eigenvalue weighted by molar-refractivity contribution is 5.95. The highest BCUT2D eigenvalue weighted by Gasteiger charge is 2.19. The van der Waals surface area contributed by atoms with E-state index in [1.807, 2.05) is 0 Å². The molecule has 0 aliphatic rings. The molecule has 0 aliphatic heterocycles. The van der Waals surface area contributed by atoms with Gasteiger partial charge in [0.05, 0.1) is 5.69 Å². The molecule has 2 rings (SSSR count). The van der Waals surface area contributed by atoms with E-state index in [9.17, 15) is 22.8 Å². The highest BCUT2D eigenvalue weighted by atomic mass is 19.1. The Kier molecular flexibility index (Phi) is 5.00. The van der Waals surface area contributed by atoms with E-state index in [1.54, 1.807) is 13.0 Å². The Morgan fingerprint density at radius 2 is 1.70 bits per heavy atom. The lowest BCUT2D eigenvalue weighted by Gasteiger charge is -2.08. The number of aryl methyl sites for hydroxylation is 1. The van der Waals surface area contributed by atoms with E-state index in [-0.39, 0.29) is 5.69 Å². The predicted octanol–water partition coefficient (Wildman–Crippen LogP) is 3.21. The molecule has 0 atom stereocenters. The van der Waals surface area contributed by atoms with Crippen molar-refractivity contribution in [2.75, 3.05) is 11.9 Å². The van der Waals surface area contributed by atoms with Crippen LogP contribution < -0.4 is 5.32 Å². The van der Waals surface area contributed by atoms with Crippen LogP contribution in [0, 0.1) is 24.4 Å². The van der Waals surface area contributed by atoms with Crippen molar-refractivity contribution in [3.63, 3.8) is 0 Å². The average Bonchev–Trinajstić information content (AvgIpc) is 2.48. The van der Waals surface area contributed by atoms with Crippen LogP contribution in [0.25, 0.3) is 0 Å². The van der Waals surface area contributed by atoms with Crippen molar-refractivity contribution in [3.8, 4) is 0 Å². The van der Waals surface area contributed by atoms with Crippen LogP contribution in [0.2, 0.25) is 0 Å². The molecule has 0 spiro atoms. The first-order chi connectivity index (χ1) is 10.9. The van der Waals surface area contributed by atoms with Crippen molar-refractivity contribution in [2.45, 2.75) is 6.92 Å². The Labute approximate surface area is 129 Å². The zero-order valence-corrected chi connectivity index (χ0v) is 12.0. The molecule has 120 valence electrons. The fourth-order valence-corrected chi connectivity index (χ4v) is 1.80. The van der Waals surface area contributed by atoms with Gasteiger partial charge in [0.15, 0.2) is 6.61 Å². The van der Waals surface area contributed by atoms with Gasteiger partial charge in [-0.2, -0.15) is 0 Å². The van der Waals surface area contributed by atoms with E-state index in [2.05, 4.69) is 10.1 Å². The second-order valence-corrected chi connectivity index (χ2v) is 4.70. The second kappa shape index (κ2) is 6.95. The van der Waals surface area contributed by atoms with Crippen molar-refractivity contribution in [3.05, 3.63) is 65.0 Å². The number of benzene rings is 2. The minimum atomic E-state index is -1.32. The van der Waals surface area contributed by atoms with Crippen molar-refractivity contribution in [1.82, 2.24) is 0 Å². The third kappa shape index (κ3) is 4.09. The molecule has 0 unspecified atom stereocenters. The zero-order chi connectivity index (χ0) is 17.0. The zero-order valence-electron chi connectivity index (χ0n) is 12.0. The van der Waals surface area contributed by atoms with Crippen LogP contribution in [0.5, 0.6) is 0 Å². The molecule has 0 heterocycles. The Morgan fingerprint density at radius 3 is 2.30 bits per heavy atom. The summed E-state index contributed by atoms with van der Waals surface area (Å²) in [7, 11) is 0. The van der Waals surface area contributed by atoms with Gasteiger partial charge >= 0.3 is 5.97 Å².